The third-order valence-electron chi connectivity index (χ3n) is 4.26. The highest BCUT2D eigenvalue weighted by Crippen LogP contribution is 2.24. The number of nitrogens with one attached hydrogen (secondary N) is 2. The van der Waals surface area contributed by atoms with Crippen molar-refractivity contribution in [3.8, 4) is 0 Å². The molecule has 0 aliphatic rings. The number of rotatable bonds is 8. The maximum atomic E-state index is 12.8. The summed E-state index contributed by atoms with van der Waals surface area (Å²) in [6.07, 6.45) is 2.48. The third kappa shape index (κ3) is 5.76. The number of thiazole rings is 1. The minimum atomic E-state index is -3.83. The molecule has 32 heavy (non-hydrogen) atoms. The van der Waals surface area contributed by atoms with Crippen LogP contribution in [0.1, 0.15) is 6.92 Å². The molecule has 3 rings (SSSR count). The molecule has 1 atom stereocenters. The highest BCUT2D eigenvalue weighted by molar-refractivity contribution is 7.93. The largest absolute Gasteiger partial charge is 0.324 e. The van der Waals surface area contributed by atoms with Crippen LogP contribution in [0.2, 0.25) is 5.02 Å². The van der Waals surface area contributed by atoms with Gasteiger partial charge in [0.05, 0.1) is 16.8 Å². The Balaban J connectivity index is 1.76. The van der Waals surface area contributed by atoms with E-state index in [2.05, 4.69) is 15.0 Å². The van der Waals surface area contributed by atoms with Gasteiger partial charge in [0.25, 0.3) is 10.0 Å². The number of aromatic nitrogens is 1. The fourth-order valence-corrected chi connectivity index (χ4v) is 5.90. The Bertz CT molecular complexity index is 1290. The van der Waals surface area contributed by atoms with Crippen molar-refractivity contribution < 1.29 is 21.6 Å². The fourth-order valence-electron chi connectivity index (χ4n) is 2.81. The van der Waals surface area contributed by atoms with Gasteiger partial charge < -0.3 is 5.32 Å². The van der Waals surface area contributed by atoms with E-state index < -0.39 is 32.0 Å². The predicted molar refractivity (Wildman–Crippen MR) is 126 cm³/mol. The molecule has 0 bridgehead atoms. The molecule has 1 heterocycles. The van der Waals surface area contributed by atoms with Crippen molar-refractivity contribution in [1.82, 2.24) is 4.98 Å². The summed E-state index contributed by atoms with van der Waals surface area (Å²) < 4.78 is 52.8. The number of anilines is 3. The SMILES string of the molecule is C[C@@H](C(=O)Nc1ccc(S(=O)(=O)Nc2nccs2)cc1)N(c1ccc(Cl)cc1)S(C)(=O)=O. The second kappa shape index (κ2) is 9.45. The van der Waals surface area contributed by atoms with Crippen LogP contribution in [0.3, 0.4) is 0 Å². The van der Waals surface area contributed by atoms with Gasteiger partial charge >= 0.3 is 0 Å². The maximum absolute atomic E-state index is 12.8. The summed E-state index contributed by atoms with van der Waals surface area (Å²) in [5.41, 5.74) is 0.592. The highest BCUT2D eigenvalue weighted by Gasteiger charge is 2.29. The first-order valence-corrected chi connectivity index (χ1v) is 13.6. The van der Waals surface area contributed by atoms with E-state index in [1.165, 1.54) is 61.7 Å². The minimum Gasteiger partial charge on any atom is -0.324 e. The molecule has 0 radical (unpaired) electrons. The van der Waals surface area contributed by atoms with Gasteiger partial charge in [0.1, 0.15) is 6.04 Å². The fraction of sp³-hybridized carbons (Fsp3) is 0.158. The Labute approximate surface area is 195 Å². The molecular weight excluding hydrogens is 496 g/mol. The minimum absolute atomic E-state index is 0.0160. The Morgan fingerprint density at radius 2 is 1.69 bits per heavy atom. The second-order valence-electron chi connectivity index (χ2n) is 6.67. The smallest absolute Gasteiger partial charge is 0.263 e. The van der Waals surface area contributed by atoms with Crippen LogP contribution in [-0.4, -0.2) is 40.0 Å². The monoisotopic (exact) mass is 514 g/mol. The van der Waals surface area contributed by atoms with Crippen LogP contribution >= 0.6 is 22.9 Å². The lowest BCUT2D eigenvalue weighted by atomic mass is 10.2. The second-order valence-corrected chi connectivity index (χ2v) is 11.5. The summed E-state index contributed by atoms with van der Waals surface area (Å²) in [6.45, 7) is 1.45. The van der Waals surface area contributed by atoms with Gasteiger partial charge in [-0.1, -0.05) is 11.6 Å². The van der Waals surface area contributed by atoms with Crippen molar-refractivity contribution in [3.05, 3.63) is 65.1 Å². The van der Waals surface area contributed by atoms with Crippen molar-refractivity contribution in [2.75, 3.05) is 20.6 Å². The summed E-state index contributed by atoms with van der Waals surface area (Å²) in [4.78, 5) is 16.6. The van der Waals surface area contributed by atoms with E-state index in [1.807, 2.05) is 0 Å². The molecule has 1 aromatic heterocycles. The van der Waals surface area contributed by atoms with Gasteiger partial charge in [-0.15, -0.1) is 11.3 Å². The van der Waals surface area contributed by atoms with Gasteiger partial charge in [-0.05, 0) is 55.5 Å². The molecule has 0 fully saturated rings. The Morgan fingerprint density at radius 3 is 2.22 bits per heavy atom. The average molecular weight is 515 g/mol. The van der Waals surface area contributed by atoms with Crippen LogP contribution in [-0.2, 0) is 24.8 Å². The number of hydrogen-bond donors (Lipinski definition) is 2. The summed E-state index contributed by atoms with van der Waals surface area (Å²) in [7, 11) is -7.61. The number of hydrogen-bond acceptors (Lipinski definition) is 7. The third-order valence-corrected chi connectivity index (χ3v) is 7.92. The average Bonchev–Trinajstić information content (AvgIpc) is 3.21. The van der Waals surface area contributed by atoms with Crippen molar-refractivity contribution in [1.29, 1.82) is 0 Å². The van der Waals surface area contributed by atoms with Crippen molar-refractivity contribution in [2.45, 2.75) is 17.9 Å². The normalized spacial score (nSPS) is 12.7. The molecule has 0 saturated heterocycles. The number of nitrogens with zero attached hydrogens (tertiary/aromatic N) is 2. The van der Waals surface area contributed by atoms with Crippen LogP contribution in [0, 0.1) is 0 Å². The molecule has 9 nitrogen and oxygen atoms in total. The molecule has 3 aromatic rings. The van der Waals surface area contributed by atoms with Gasteiger partial charge in [0, 0.05) is 22.3 Å². The Morgan fingerprint density at radius 1 is 1.06 bits per heavy atom. The van der Waals surface area contributed by atoms with Crippen molar-refractivity contribution in [2.24, 2.45) is 0 Å². The number of carbonyl (C=O) groups excluding carboxylic acids is 1. The summed E-state index contributed by atoms with van der Waals surface area (Å²) in [6, 6.07) is 10.4. The first-order valence-electron chi connectivity index (χ1n) is 9.05. The van der Waals surface area contributed by atoms with E-state index in [0.29, 0.717) is 10.7 Å². The van der Waals surface area contributed by atoms with Crippen LogP contribution in [0.15, 0.2) is 65.0 Å². The number of benzene rings is 2. The number of sulfonamides is 2. The topological polar surface area (TPSA) is 126 Å². The number of amides is 1. The summed E-state index contributed by atoms with van der Waals surface area (Å²) in [5.74, 6) is -0.595. The molecule has 0 saturated carbocycles. The highest BCUT2D eigenvalue weighted by atomic mass is 35.5. The molecule has 0 aliphatic carbocycles. The molecule has 0 aliphatic heterocycles. The zero-order valence-electron chi connectivity index (χ0n) is 16.9. The van der Waals surface area contributed by atoms with Crippen LogP contribution in [0.4, 0.5) is 16.5 Å². The molecule has 2 aromatic carbocycles. The van der Waals surface area contributed by atoms with Crippen LogP contribution < -0.4 is 14.3 Å². The zero-order valence-corrected chi connectivity index (χ0v) is 20.1. The van der Waals surface area contributed by atoms with E-state index in [4.69, 9.17) is 11.6 Å². The molecule has 2 N–H and O–H groups in total. The van der Waals surface area contributed by atoms with Crippen LogP contribution in [0.5, 0.6) is 0 Å². The Hall–Kier alpha value is -2.67. The summed E-state index contributed by atoms with van der Waals surface area (Å²) >= 11 is 7.01. The zero-order chi connectivity index (χ0) is 23.5. The first kappa shape index (κ1) is 24.0. The van der Waals surface area contributed by atoms with E-state index in [-0.39, 0.29) is 15.7 Å². The Kier molecular flexibility index (Phi) is 7.08. The number of carbonyl (C=O) groups is 1. The maximum Gasteiger partial charge on any atom is 0.263 e. The lowest BCUT2D eigenvalue weighted by Gasteiger charge is -2.28. The van der Waals surface area contributed by atoms with Crippen molar-refractivity contribution in [3.63, 3.8) is 0 Å². The molecule has 170 valence electrons. The van der Waals surface area contributed by atoms with Gasteiger partial charge in [-0.25, -0.2) is 21.8 Å². The quantitative estimate of drug-likeness (QED) is 0.474. The van der Waals surface area contributed by atoms with E-state index in [1.54, 1.807) is 5.38 Å². The lowest BCUT2D eigenvalue weighted by molar-refractivity contribution is -0.116. The molecule has 1 amide bonds. The molecule has 13 heteroatoms. The van der Waals surface area contributed by atoms with Gasteiger partial charge in [-0.2, -0.15) is 0 Å². The molecule has 0 unspecified atom stereocenters. The lowest BCUT2D eigenvalue weighted by Crippen LogP contribution is -2.45. The number of halogens is 1. The molecular formula is C19H19ClN4O5S3. The van der Waals surface area contributed by atoms with Gasteiger partial charge in [-0.3, -0.25) is 13.8 Å². The van der Waals surface area contributed by atoms with E-state index in [9.17, 15) is 21.6 Å². The van der Waals surface area contributed by atoms with Gasteiger partial charge in [0.15, 0.2) is 5.13 Å². The van der Waals surface area contributed by atoms with E-state index >= 15 is 0 Å². The van der Waals surface area contributed by atoms with Crippen LogP contribution in [0.25, 0.3) is 0 Å². The summed E-state index contributed by atoms with van der Waals surface area (Å²) in [5, 5.41) is 4.91. The molecule has 0 spiro atoms. The van der Waals surface area contributed by atoms with Crippen molar-refractivity contribution >= 4 is 65.4 Å². The first-order chi connectivity index (χ1) is 15.0. The van der Waals surface area contributed by atoms with Gasteiger partial charge in [0.2, 0.25) is 15.9 Å². The standard InChI is InChI=1S/C19H19ClN4O5S3/c1-13(24(31(2,26)27)16-7-3-14(20)4-8-16)18(25)22-15-5-9-17(10-6-15)32(28,29)23-19-21-11-12-30-19/h3-13H,1-2H3,(H,21,23)(H,22,25)/t13-/m0/s1. The predicted octanol–water partition coefficient (Wildman–Crippen LogP) is 3.39. The van der Waals surface area contributed by atoms with E-state index in [0.717, 1.165) is 21.9 Å².